The molecule has 182 valence electrons. The third kappa shape index (κ3) is 7.05. The van der Waals surface area contributed by atoms with E-state index >= 15 is 0 Å². The van der Waals surface area contributed by atoms with Gasteiger partial charge in [0.25, 0.3) is 5.56 Å². The van der Waals surface area contributed by atoms with Gasteiger partial charge in [-0.05, 0) is 42.0 Å². The highest BCUT2D eigenvalue weighted by Gasteiger charge is 2.14. The predicted octanol–water partition coefficient (Wildman–Crippen LogP) is 2.87. The highest BCUT2D eigenvalue weighted by molar-refractivity contribution is 9.10. The zero-order valence-corrected chi connectivity index (χ0v) is 20.8. The van der Waals surface area contributed by atoms with Gasteiger partial charge in [-0.2, -0.15) is 0 Å². The van der Waals surface area contributed by atoms with Crippen LogP contribution in [-0.2, 0) is 24.5 Å². The number of nitrogens with zero attached hydrogens (tertiary/aromatic N) is 3. The largest absolute Gasteiger partial charge is 0.487 e. The molecule has 0 saturated heterocycles. The average molecular weight is 559 g/mol. The minimum atomic E-state index is -0.722. The van der Waals surface area contributed by atoms with Gasteiger partial charge in [-0.1, -0.05) is 0 Å². The number of aromatic nitrogens is 3. The van der Waals surface area contributed by atoms with Crippen molar-refractivity contribution in [2.75, 3.05) is 13.6 Å². The van der Waals surface area contributed by atoms with Crippen LogP contribution in [0, 0.1) is 18.6 Å². The van der Waals surface area contributed by atoms with E-state index in [1.54, 1.807) is 32.4 Å². The molecule has 3 aromatic rings. The molecule has 2 N–H and O–H groups in total. The van der Waals surface area contributed by atoms with Crippen molar-refractivity contribution >= 4 is 34.2 Å². The second-order valence-electron chi connectivity index (χ2n) is 7.19. The summed E-state index contributed by atoms with van der Waals surface area (Å²) in [5.74, 6) is -1.30. The predicted molar refractivity (Wildman–Crippen MR) is 128 cm³/mol. The van der Waals surface area contributed by atoms with Crippen molar-refractivity contribution in [3.8, 4) is 5.75 Å². The van der Waals surface area contributed by atoms with Gasteiger partial charge in [-0.3, -0.25) is 19.6 Å². The first kappa shape index (κ1) is 27.4. The van der Waals surface area contributed by atoms with Gasteiger partial charge in [-0.15, -0.1) is 12.4 Å². The molecule has 3 rings (SSSR count). The molecular formula is C22H23BrClF2N5O3. The maximum absolute atomic E-state index is 13.8. The lowest BCUT2D eigenvalue weighted by Crippen LogP contribution is -2.31. The van der Waals surface area contributed by atoms with Gasteiger partial charge in [0.1, 0.15) is 28.5 Å². The second-order valence-corrected chi connectivity index (χ2v) is 7.98. The van der Waals surface area contributed by atoms with Crippen LogP contribution in [-0.4, -0.2) is 34.0 Å². The van der Waals surface area contributed by atoms with Crippen molar-refractivity contribution in [2.45, 2.75) is 26.6 Å². The summed E-state index contributed by atoms with van der Waals surface area (Å²) in [4.78, 5) is 33.0. The van der Waals surface area contributed by atoms with Crippen molar-refractivity contribution in [3.05, 3.63) is 85.8 Å². The number of hydrogen-bond donors (Lipinski definition) is 2. The Balaban J connectivity index is 0.00000408. The van der Waals surface area contributed by atoms with Crippen LogP contribution in [0.2, 0.25) is 0 Å². The van der Waals surface area contributed by atoms with Crippen LogP contribution in [0.4, 0.5) is 8.78 Å². The van der Waals surface area contributed by atoms with Crippen molar-refractivity contribution in [1.82, 2.24) is 25.2 Å². The van der Waals surface area contributed by atoms with E-state index in [1.165, 1.54) is 10.6 Å². The molecule has 0 unspecified atom stereocenters. The monoisotopic (exact) mass is 557 g/mol. The number of halogens is 4. The number of benzene rings is 1. The van der Waals surface area contributed by atoms with Crippen LogP contribution in [0.1, 0.15) is 22.6 Å². The topological polar surface area (TPSA) is 98.1 Å². The van der Waals surface area contributed by atoms with Gasteiger partial charge < -0.3 is 19.9 Å². The number of nitrogens with one attached hydrogen (secondary N) is 2. The molecular weight excluding hydrogens is 536 g/mol. The van der Waals surface area contributed by atoms with Crippen molar-refractivity contribution in [3.63, 3.8) is 0 Å². The number of hydrogen-bond acceptors (Lipinski definition) is 6. The second kappa shape index (κ2) is 12.5. The number of ether oxygens (including phenoxy) is 1. The Labute approximate surface area is 209 Å². The molecule has 1 amide bonds. The Kier molecular flexibility index (Phi) is 10.1. The Morgan fingerprint density at radius 1 is 1.18 bits per heavy atom. The van der Waals surface area contributed by atoms with Crippen molar-refractivity contribution in [1.29, 1.82) is 0 Å². The molecule has 0 spiro atoms. The van der Waals surface area contributed by atoms with Crippen molar-refractivity contribution < 1.29 is 18.3 Å². The molecule has 0 fully saturated rings. The lowest BCUT2D eigenvalue weighted by molar-refractivity contribution is -0.120. The first-order chi connectivity index (χ1) is 15.8. The summed E-state index contributed by atoms with van der Waals surface area (Å²) < 4.78 is 34.2. The first-order valence-electron chi connectivity index (χ1n) is 9.96. The molecule has 2 aromatic heterocycles. The molecule has 12 heteroatoms. The summed E-state index contributed by atoms with van der Waals surface area (Å²) in [5.41, 5.74) is 1.56. The minimum absolute atomic E-state index is 0. The maximum atomic E-state index is 13.8. The van der Waals surface area contributed by atoms with Crippen LogP contribution in [0.15, 0.2) is 45.9 Å². The fraction of sp³-hybridized carbons (Fsp3) is 0.273. The summed E-state index contributed by atoms with van der Waals surface area (Å²) in [7, 11) is 1.68. The standard InChI is InChI=1S/C22H22BrF2N5O3.ClH/c1-13-5-19(33-12-14-3-4-15(24)6-18(14)25)21(23)22(32)30(13)11-17-9-27-16(7-28-17)8-29-20(31)10-26-2;/h3-7,9,26H,8,10-12H2,1-2H3,(H,29,31);1H. The van der Waals surface area contributed by atoms with E-state index < -0.39 is 11.6 Å². The normalized spacial score (nSPS) is 10.5. The van der Waals surface area contributed by atoms with Crippen LogP contribution in [0.5, 0.6) is 5.75 Å². The Hall–Kier alpha value is -2.89. The summed E-state index contributed by atoms with van der Waals surface area (Å²) in [6, 6.07) is 4.86. The molecule has 34 heavy (non-hydrogen) atoms. The molecule has 0 bridgehead atoms. The van der Waals surface area contributed by atoms with Crippen LogP contribution < -0.4 is 20.9 Å². The summed E-state index contributed by atoms with van der Waals surface area (Å²) in [6.07, 6.45) is 3.08. The van der Waals surface area contributed by atoms with E-state index in [9.17, 15) is 18.4 Å². The number of carbonyl (C=O) groups is 1. The summed E-state index contributed by atoms with van der Waals surface area (Å²) in [6.45, 7) is 2.21. The highest BCUT2D eigenvalue weighted by atomic mass is 79.9. The summed E-state index contributed by atoms with van der Waals surface area (Å²) >= 11 is 3.25. The number of pyridine rings is 1. The molecule has 1 aromatic carbocycles. The van der Waals surface area contributed by atoms with E-state index in [0.717, 1.165) is 12.1 Å². The number of carbonyl (C=O) groups excluding carboxylic acids is 1. The Morgan fingerprint density at radius 3 is 2.53 bits per heavy atom. The zero-order valence-electron chi connectivity index (χ0n) is 18.4. The molecule has 0 aliphatic heterocycles. The van der Waals surface area contributed by atoms with Crippen LogP contribution in [0.25, 0.3) is 0 Å². The molecule has 0 atom stereocenters. The number of rotatable bonds is 9. The van der Waals surface area contributed by atoms with Crippen LogP contribution >= 0.6 is 28.3 Å². The number of aryl methyl sites for hydroxylation is 1. The first-order valence-corrected chi connectivity index (χ1v) is 10.8. The number of likely N-dealkylation sites (N-methyl/N-ethyl adjacent to an activating group) is 1. The quantitative estimate of drug-likeness (QED) is 0.419. The van der Waals surface area contributed by atoms with Crippen LogP contribution in [0.3, 0.4) is 0 Å². The molecule has 8 nitrogen and oxygen atoms in total. The molecule has 2 heterocycles. The van der Waals surface area contributed by atoms with Gasteiger partial charge >= 0.3 is 0 Å². The van der Waals surface area contributed by atoms with E-state index in [1.807, 2.05) is 0 Å². The summed E-state index contributed by atoms with van der Waals surface area (Å²) in [5, 5.41) is 5.47. The smallest absolute Gasteiger partial charge is 0.269 e. The third-order valence-corrected chi connectivity index (χ3v) is 5.43. The van der Waals surface area contributed by atoms with Gasteiger partial charge in [-0.25, -0.2) is 8.78 Å². The minimum Gasteiger partial charge on any atom is -0.487 e. The highest BCUT2D eigenvalue weighted by Crippen LogP contribution is 2.24. The molecule has 0 radical (unpaired) electrons. The SMILES string of the molecule is CNCC(=O)NCc1cnc(Cn2c(C)cc(OCc3ccc(F)cc3F)c(Br)c2=O)cn1.Cl. The fourth-order valence-electron chi connectivity index (χ4n) is 2.94. The average Bonchev–Trinajstić information content (AvgIpc) is 2.79. The Bertz CT molecular complexity index is 1210. The lowest BCUT2D eigenvalue weighted by Gasteiger charge is -2.14. The van der Waals surface area contributed by atoms with E-state index in [-0.39, 0.29) is 65.9 Å². The lowest BCUT2D eigenvalue weighted by atomic mass is 10.2. The molecule has 0 aliphatic rings. The van der Waals surface area contributed by atoms with E-state index in [2.05, 4.69) is 36.5 Å². The van der Waals surface area contributed by atoms with E-state index in [4.69, 9.17) is 4.74 Å². The zero-order chi connectivity index (χ0) is 24.0. The molecule has 0 aliphatic carbocycles. The number of amides is 1. The van der Waals surface area contributed by atoms with E-state index in [0.29, 0.717) is 17.1 Å². The van der Waals surface area contributed by atoms with Gasteiger partial charge in [0.2, 0.25) is 5.91 Å². The van der Waals surface area contributed by atoms with Gasteiger partial charge in [0.15, 0.2) is 0 Å². The Morgan fingerprint density at radius 2 is 1.88 bits per heavy atom. The fourth-order valence-corrected chi connectivity index (χ4v) is 3.38. The maximum Gasteiger partial charge on any atom is 0.269 e. The van der Waals surface area contributed by atoms with Crippen molar-refractivity contribution in [2.24, 2.45) is 0 Å². The molecule has 0 saturated carbocycles. The third-order valence-electron chi connectivity index (χ3n) is 4.70. The van der Waals surface area contributed by atoms with Gasteiger partial charge in [0.05, 0.1) is 43.4 Å². The van der Waals surface area contributed by atoms with Gasteiger partial charge in [0, 0.05) is 23.4 Å².